The van der Waals surface area contributed by atoms with Crippen LogP contribution in [0, 0.1) is 0 Å². The van der Waals surface area contributed by atoms with Crippen molar-refractivity contribution in [2.45, 2.75) is 0 Å². The number of para-hydroxylation sites is 4. The summed E-state index contributed by atoms with van der Waals surface area (Å²) in [6.45, 7) is 0. The third-order valence-corrected chi connectivity index (χ3v) is 7.28. The van der Waals surface area contributed by atoms with Gasteiger partial charge in [0.15, 0.2) is 5.58 Å². The predicted molar refractivity (Wildman–Crippen MR) is 159 cm³/mol. The minimum absolute atomic E-state index is 0.591. The fourth-order valence-corrected chi connectivity index (χ4v) is 5.57. The van der Waals surface area contributed by atoms with Crippen molar-refractivity contribution in [3.8, 4) is 11.5 Å². The van der Waals surface area contributed by atoms with Crippen LogP contribution in [0.3, 0.4) is 0 Å². The minimum atomic E-state index is 0.591. The molecule has 2 aromatic heterocycles. The Morgan fingerprint density at radius 2 is 1.21 bits per heavy atom. The first kappa shape index (κ1) is 21.7. The Hall–Kier alpha value is -5.35. The van der Waals surface area contributed by atoms with E-state index in [9.17, 15) is 0 Å². The SMILES string of the molecule is c1ccc(N(c2ccccc2)c2cccc3ccc4c(oc5cccc(-c6nc7ccccc7o6)c54)c23)cc1. The first-order chi connectivity index (χ1) is 19.3. The standard InChI is InChI=1S/C35H22N2O2/c1-3-12-24(13-4-1)37(25-14-5-2-6-15-25)29-18-9-11-23-21-22-26-33-27(16-10-20-31(33)38-34(26)32(23)29)35-36-28-17-7-8-19-30(28)39-35/h1-22H. The molecule has 0 fully saturated rings. The molecule has 4 nitrogen and oxygen atoms in total. The second-order valence-corrected chi connectivity index (χ2v) is 9.59. The van der Waals surface area contributed by atoms with Gasteiger partial charge in [0.05, 0.1) is 5.69 Å². The number of fused-ring (bicyclic) bond motifs is 6. The van der Waals surface area contributed by atoms with Crippen molar-refractivity contribution < 1.29 is 8.83 Å². The summed E-state index contributed by atoms with van der Waals surface area (Å²) in [4.78, 5) is 7.08. The van der Waals surface area contributed by atoms with Gasteiger partial charge in [0.2, 0.25) is 5.89 Å². The van der Waals surface area contributed by atoms with Crippen molar-refractivity contribution in [1.29, 1.82) is 0 Å². The lowest BCUT2D eigenvalue weighted by molar-refractivity contribution is 0.620. The van der Waals surface area contributed by atoms with E-state index >= 15 is 0 Å². The van der Waals surface area contributed by atoms with Crippen LogP contribution in [-0.2, 0) is 0 Å². The van der Waals surface area contributed by atoms with E-state index in [1.807, 2.05) is 48.5 Å². The van der Waals surface area contributed by atoms with Crippen molar-refractivity contribution in [3.63, 3.8) is 0 Å². The van der Waals surface area contributed by atoms with E-state index in [4.69, 9.17) is 13.8 Å². The molecule has 0 saturated heterocycles. The smallest absolute Gasteiger partial charge is 0.228 e. The molecule has 0 aliphatic rings. The summed E-state index contributed by atoms with van der Waals surface area (Å²) >= 11 is 0. The topological polar surface area (TPSA) is 42.4 Å². The molecule has 8 aromatic rings. The van der Waals surface area contributed by atoms with E-state index in [-0.39, 0.29) is 0 Å². The largest absolute Gasteiger partial charge is 0.455 e. The molecule has 0 bridgehead atoms. The summed E-state index contributed by atoms with van der Waals surface area (Å²) in [5, 5.41) is 4.20. The maximum atomic E-state index is 6.67. The number of hydrogen-bond acceptors (Lipinski definition) is 4. The number of hydrogen-bond donors (Lipinski definition) is 0. The monoisotopic (exact) mass is 502 g/mol. The van der Waals surface area contributed by atoms with Crippen molar-refractivity contribution in [2.24, 2.45) is 0 Å². The number of anilines is 3. The van der Waals surface area contributed by atoms with Gasteiger partial charge < -0.3 is 13.7 Å². The van der Waals surface area contributed by atoms with Gasteiger partial charge in [-0.05, 0) is 66.0 Å². The van der Waals surface area contributed by atoms with Gasteiger partial charge >= 0.3 is 0 Å². The molecule has 4 heteroatoms. The summed E-state index contributed by atoms with van der Waals surface area (Å²) in [7, 11) is 0. The van der Waals surface area contributed by atoms with Crippen LogP contribution < -0.4 is 4.90 Å². The normalized spacial score (nSPS) is 11.6. The highest BCUT2D eigenvalue weighted by Crippen LogP contribution is 2.45. The second kappa shape index (κ2) is 8.61. The van der Waals surface area contributed by atoms with Gasteiger partial charge in [0, 0.05) is 33.1 Å². The lowest BCUT2D eigenvalue weighted by Crippen LogP contribution is -2.10. The van der Waals surface area contributed by atoms with E-state index < -0.39 is 0 Å². The van der Waals surface area contributed by atoms with Gasteiger partial charge in [-0.2, -0.15) is 0 Å². The summed E-state index contributed by atoms with van der Waals surface area (Å²) in [6, 6.07) is 45.6. The Morgan fingerprint density at radius 3 is 1.97 bits per heavy atom. The number of aromatic nitrogens is 1. The van der Waals surface area contributed by atoms with Crippen LogP contribution in [0.15, 0.2) is 142 Å². The third kappa shape index (κ3) is 3.42. The van der Waals surface area contributed by atoms with Gasteiger partial charge in [0.25, 0.3) is 0 Å². The fourth-order valence-electron chi connectivity index (χ4n) is 5.57. The number of rotatable bonds is 4. The Labute approximate surface area is 224 Å². The lowest BCUT2D eigenvalue weighted by atomic mass is 10.0. The van der Waals surface area contributed by atoms with Crippen molar-refractivity contribution in [3.05, 3.63) is 133 Å². The lowest BCUT2D eigenvalue weighted by Gasteiger charge is -2.26. The van der Waals surface area contributed by atoms with Crippen LogP contribution >= 0.6 is 0 Å². The minimum Gasteiger partial charge on any atom is -0.455 e. The number of nitrogens with zero attached hydrogens (tertiary/aromatic N) is 2. The predicted octanol–water partition coefficient (Wildman–Crippen LogP) is 10.0. The molecule has 8 rings (SSSR count). The zero-order valence-corrected chi connectivity index (χ0v) is 20.9. The number of benzene rings is 6. The molecular formula is C35H22N2O2. The van der Waals surface area contributed by atoms with Gasteiger partial charge in [-0.25, -0.2) is 4.98 Å². The van der Waals surface area contributed by atoms with E-state index in [0.29, 0.717) is 5.89 Å². The molecule has 0 spiro atoms. The molecule has 184 valence electrons. The fraction of sp³-hybridized carbons (Fsp3) is 0. The van der Waals surface area contributed by atoms with Gasteiger partial charge in [0.1, 0.15) is 16.7 Å². The average Bonchev–Trinajstić information content (AvgIpc) is 3.60. The van der Waals surface area contributed by atoms with Crippen molar-refractivity contribution in [1.82, 2.24) is 4.98 Å². The van der Waals surface area contributed by atoms with Gasteiger partial charge in [-0.1, -0.05) is 72.8 Å². The Bertz CT molecular complexity index is 2050. The molecule has 2 heterocycles. The summed E-state index contributed by atoms with van der Waals surface area (Å²) in [5.74, 6) is 0.591. The maximum absolute atomic E-state index is 6.67. The van der Waals surface area contributed by atoms with Crippen LogP contribution in [0.2, 0.25) is 0 Å². The Morgan fingerprint density at radius 1 is 0.513 bits per heavy atom. The number of furan rings is 1. The van der Waals surface area contributed by atoms with E-state index in [1.165, 1.54) is 0 Å². The van der Waals surface area contributed by atoms with E-state index in [1.54, 1.807) is 0 Å². The molecule has 0 aliphatic carbocycles. The summed E-state index contributed by atoms with van der Waals surface area (Å²) in [5.41, 5.74) is 7.39. The maximum Gasteiger partial charge on any atom is 0.228 e. The number of oxazole rings is 1. The van der Waals surface area contributed by atoms with Crippen LogP contribution in [0.25, 0.3) is 55.3 Å². The molecule has 0 atom stereocenters. The second-order valence-electron chi connectivity index (χ2n) is 9.59. The van der Waals surface area contributed by atoms with Crippen molar-refractivity contribution >= 4 is 60.9 Å². The quantitative estimate of drug-likeness (QED) is 0.240. The molecule has 0 N–H and O–H groups in total. The molecule has 0 unspecified atom stereocenters. The molecule has 0 amide bonds. The van der Waals surface area contributed by atoms with Crippen LogP contribution in [-0.4, -0.2) is 4.98 Å². The summed E-state index contributed by atoms with van der Waals surface area (Å²) < 4.78 is 12.9. The van der Waals surface area contributed by atoms with Crippen LogP contribution in [0.1, 0.15) is 0 Å². The van der Waals surface area contributed by atoms with Crippen molar-refractivity contribution in [2.75, 3.05) is 4.90 Å². The zero-order chi connectivity index (χ0) is 25.8. The molecule has 0 aliphatic heterocycles. The first-order valence-corrected chi connectivity index (χ1v) is 13.0. The molecular weight excluding hydrogens is 480 g/mol. The van der Waals surface area contributed by atoms with E-state index in [0.717, 1.165) is 66.4 Å². The van der Waals surface area contributed by atoms with Crippen LogP contribution in [0.5, 0.6) is 0 Å². The van der Waals surface area contributed by atoms with Crippen LogP contribution in [0.4, 0.5) is 17.1 Å². The van der Waals surface area contributed by atoms with Gasteiger partial charge in [-0.3, -0.25) is 0 Å². The average molecular weight is 503 g/mol. The highest BCUT2D eigenvalue weighted by Gasteiger charge is 2.21. The van der Waals surface area contributed by atoms with E-state index in [2.05, 4.69) is 89.8 Å². The highest BCUT2D eigenvalue weighted by atomic mass is 16.3. The zero-order valence-electron chi connectivity index (χ0n) is 20.9. The molecule has 6 aromatic carbocycles. The Kier molecular flexibility index (Phi) is 4.79. The highest BCUT2D eigenvalue weighted by molar-refractivity contribution is 6.22. The first-order valence-electron chi connectivity index (χ1n) is 13.0. The third-order valence-electron chi connectivity index (χ3n) is 7.28. The van der Waals surface area contributed by atoms with Gasteiger partial charge in [-0.15, -0.1) is 0 Å². The molecule has 0 saturated carbocycles. The Balaban J connectivity index is 1.44. The summed E-state index contributed by atoms with van der Waals surface area (Å²) in [6.07, 6.45) is 0. The molecule has 0 radical (unpaired) electrons. The molecule has 39 heavy (non-hydrogen) atoms.